The number of aliphatic hydroxyl groups excluding tert-OH is 1. The van der Waals surface area contributed by atoms with Crippen LogP contribution >= 0.6 is 0 Å². The molecule has 9 heteroatoms. The number of halogens is 1. The lowest BCUT2D eigenvalue weighted by molar-refractivity contribution is 0.0869. The van der Waals surface area contributed by atoms with Gasteiger partial charge in [-0.05, 0) is 63.1 Å². The standard InChI is InChI=1S/C23H27FN6O2/c1-14-18(11-15(24)12-25-14)20-3-2-9-29(20)21-8-10-30-22(28-21)19(13-26-30)23(32)27-16-4-6-17(31)7-5-16/h8,10-13,16-17,20,31H,2-7,9H2,1H3,(H,27,32)/t16-,17-,20-/m1/s1. The van der Waals surface area contributed by atoms with Crippen molar-refractivity contribution >= 4 is 17.4 Å². The fourth-order valence-electron chi connectivity index (χ4n) is 4.89. The van der Waals surface area contributed by atoms with Crippen LogP contribution in [0.1, 0.15) is 66.2 Å². The van der Waals surface area contributed by atoms with Gasteiger partial charge in [-0.3, -0.25) is 9.78 Å². The summed E-state index contributed by atoms with van der Waals surface area (Å²) in [6.45, 7) is 2.69. The number of aromatic nitrogens is 4. The van der Waals surface area contributed by atoms with Crippen LogP contribution in [0, 0.1) is 12.7 Å². The Balaban J connectivity index is 1.42. The van der Waals surface area contributed by atoms with Gasteiger partial charge in [0.25, 0.3) is 5.91 Å². The van der Waals surface area contributed by atoms with Crippen LogP contribution in [0.5, 0.6) is 0 Å². The molecule has 2 fully saturated rings. The molecular formula is C23H27FN6O2. The quantitative estimate of drug-likeness (QED) is 0.650. The van der Waals surface area contributed by atoms with Crippen LogP contribution in [0.2, 0.25) is 0 Å². The number of carbonyl (C=O) groups is 1. The van der Waals surface area contributed by atoms with Gasteiger partial charge in [-0.25, -0.2) is 13.9 Å². The highest BCUT2D eigenvalue weighted by atomic mass is 19.1. The maximum Gasteiger partial charge on any atom is 0.256 e. The van der Waals surface area contributed by atoms with Crippen LogP contribution in [0.15, 0.2) is 30.7 Å². The second kappa shape index (κ2) is 8.46. The van der Waals surface area contributed by atoms with Crippen molar-refractivity contribution in [3.05, 3.63) is 53.4 Å². The summed E-state index contributed by atoms with van der Waals surface area (Å²) in [4.78, 5) is 24.1. The number of aryl methyl sites for hydroxylation is 1. The molecule has 3 aromatic heterocycles. The first-order valence-corrected chi connectivity index (χ1v) is 11.2. The highest BCUT2D eigenvalue weighted by molar-refractivity contribution is 5.99. The zero-order valence-corrected chi connectivity index (χ0v) is 18.0. The van der Waals surface area contributed by atoms with E-state index in [0.29, 0.717) is 24.1 Å². The Morgan fingerprint density at radius 2 is 2.03 bits per heavy atom. The Labute approximate surface area is 185 Å². The summed E-state index contributed by atoms with van der Waals surface area (Å²) in [5.41, 5.74) is 2.61. The molecule has 1 amide bonds. The Morgan fingerprint density at radius 1 is 1.22 bits per heavy atom. The summed E-state index contributed by atoms with van der Waals surface area (Å²) >= 11 is 0. The third kappa shape index (κ3) is 3.92. The third-order valence-corrected chi connectivity index (χ3v) is 6.63. The van der Waals surface area contributed by atoms with E-state index in [1.54, 1.807) is 23.0 Å². The number of hydrogen-bond donors (Lipinski definition) is 2. The number of fused-ring (bicyclic) bond motifs is 1. The number of rotatable bonds is 4. The van der Waals surface area contributed by atoms with Gasteiger partial charge in [0.1, 0.15) is 17.2 Å². The van der Waals surface area contributed by atoms with Gasteiger partial charge in [0.05, 0.1) is 24.5 Å². The smallest absolute Gasteiger partial charge is 0.256 e. The molecule has 5 rings (SSSR count). The van der Waals surface area contributed by atoms with E-state index in [4.69, 9.17) is 4.98 Å². The number of hydrogen-bond acceptors (Lipinski definition) is 6. The van der Waals surface area contributed by atoms with Crippen molar-refractivity contribution in [3.63, 3.8) is 0 Å². The predicted octanol–water partition coefficient (Wildman–Crippen LogP) is 2.95. The first-order valence-electron chi connectivity index (χ1n) is 11.2. The minimum absolute atomic E-state index is 0.0120. The van der Waals surface area contributed by atoms with E-state index in [0.717, 1.165) is 49.3 Å². The predicted molar refractivity (Wildman–Crippen MR) is 117 cm³/mol. The second-order valence-corrected chi connectivity index (χ2v) is 8.77. The van der Waals surface area contributed by atoms with Gasteiger partial charge in [0, 0.05) is 24.5 Å². The van der Waals surface area contributed by atoms with Crippen molar-refractivity contribution in [2.75, 3.05) is 11.4 Å². The molecule has 32 heavy (non-hydrogen) atoms. The Bertz CT molecular complexity index is 1140. The van der Waals surface area contributed by atoms with Gasteiger partial charge in [-0.2, -0.15) is 5.10 Å². The summed E-state index contributed by atoms with van der Waals surface area (Å²) in [5, 5.41) is 17.0. The van der Waals surface area contributed by atoms with Crippen molar-refractivity contribution in [1.29, 1.82) is 0 Å². The van der Waals surface area contributed by atoms with Crippen LogP contribution in [0.3, 0.4) is 0 Å². The molecule has 4 heterocycles. The van der Waals surface area contributed by atoms with Crippen LogP contribution in [0.4, 0.5) is 10.2 Å². The van der Waals surface area contributed by atoms with Gasteiger partial charge in [-0.15, -0.1) is 0 Å². The molecule has 168 valence electrons. The number of aliphatic hydroxyl groups is 1. The molecule has 2 aliphatic rings. The van der Waals surface area contributed by atoms with Gasteiger partial charge in [0.15, 0.2) is 5.65 Å². The lowest BCUT2D eigenvalue weighted by atomic mass is 9.93. The molecule has 0 spiro atoms. The number of nitrogens with zero attached hydrogens (tertiary/aromatic N) is 5. The number of carbonyl (C=O) groups excluding carboxylic acids is 1. The average molecular weight is 439 g/mol. The fraction of sp³-hybridized carbons (Fsp3) is 0.478. The first-order chi connectivity index (χ1) is 15.5. The fourth-order valence-corrected chi connectivity index (χ4v) is 4.89. The first kappa shape index (κ1) is 20.8. The Kier molecular flexibility index (Phi) is 5.50. The maximum absolute atomic E-state index is 13.9. The van der Waals surface area contributed by atoms with Crippen molar-refractivity contribution in [2.45, 2.75) is 63.6 Å². The number of pyridine rings is 1. The van der Waals surface area contributed by atoms with E-state index in [1.807, 2.05) is 13.0 Å². The normalized spacial score (nSPS) is 23.6. The summed E-state index contributed by atoms with van der Waals surface area (Å²) < 4.78 is 15.5. The van der Waals surface area contributed by atoms with E-state index in [9.17, 15) is 14.3 Å². The summed E-state index contributed by atoms with van der Waals surface area (Å²) in [5.74, 6) is 0.194. The molecule has 0 aromatic carbocycles. The van der Waals surface area contributed by atoms with Crippen molar-refractivity contribution < 1.29 is 14.3 Å². The van der Waals surface area contributed by atoms with Crippen LogP contribution in [-0.4, -0.2) is 49.3 Å². The van der Waals surface area contributed by atoms with E-state index < -0.39 is 0 Å². The summed E-state index contributed by atoms with van der Waals surface area (Å²) in [6.07, 6.45) is 9.11. The zero-order valence-electron chi connectivity index (χ0n) is 18.0. The minimum atomic E-state index is -0.342. The summed E-state index contributed by atoms with van der Waals surface area (Å²) in [6, 6.07) is 3.48. The van der Waals surface area contributed by atoms with E-state index in [2.05, 4.69) is 20.3 Å². The van der Waals surface area contributed by atoms with Crippen LogP contribution in [0.25, 0.3) is 5.65 Å². The zero-order chi connectivity index (χ0) is 22.2. The van der Waals surface area contributed by atoms with E-state index >= 15 is 0 Å². The number of anilines is 1. The largest absolute Gasteiger partial charge is 0.393 e. The monoisotopic (exact) mass is 438 g/mol. The molecule has 3 aromatic rings. The topological polar surface area (TPSA) is 95.7 Å². The third-order valence-electron chi connectivity index (χ3n) is 6.63. The van der Waals surface area contributed by atoms with Gasteiger partial charge >= 0.3 is 0 Å². The van der Waals surface area contributed by atoms with Gasteiger partial charge in [0.2, 0.25) is 0 Å². The molecule has 1 aliphatic carbocycles. The molecule has 8 nitrogen and oxygen atoms in total. The SMILES string of the molecule is Cc1ncc(F)cc1[C@H]1CCCN1c1ccn2ncc(C(=O)N[C@H]3CC[C@H](O)CC3)c2n1. The number of amides is 1. The van der Waals surface area contributed by atoms with Crippen LogP contribution < -0.4 is 10.2 Å². The molecule has 1 saturated heterocycles. The molecule has 1 atom stereocenters. The minimum Gasteiger partial charge on any atom is -0.393 e. The lowest BCUT2D eigenvalue weighted by Gasteiger charge is -2.27. The molecule has 2 N–H and O–H groups in total. The van der Waals surface area contributed by atoms with Crippen molar-refractivity contribution in [2.24, 2.45) is 0 Å². The Hall–Kier alpha value is -3.07. The van der Waals surface area contributed by atoms with Gasteiger partial charge < -0.3 is 15.3 Å². The molecule has 0 radical (unpaired) electrons. The number of nitrogens with one attached hydrogen (secondary N) is 1. The lowest BCUT2D eigenvalue weighted by Crippen LogP contribution is -2.38. The molecular weight excluding hydrogens is 411 g/mol. The highest BCUT2D eigenvalue weighted by Gasteiger charge is 2.30. The molecule has 0 bridgehead atoms. The molecule has 1 saturated carbocycles. The van der Waals surface area contributed by atoms with Crippen molar-refractivity contribution in [1.82, 2.24) is 24.9 Å². The highest BCUT2D eigenvalue weighted by Crippen LogP contribution is 2.36. The average Bonchev–Trinajstić information content (AvgIpc) is 3.43. The Morgan fingerprint density at radius 3 is 2.84 bits per heavy atom. The summed E-state index contributed by atoms with van der Waals surface area (Å²) in [7, 11) is 0. The molecule has 0 unspecified atom stereocenters. The molecule has 1 aliphatic heterocycles. The maximum atomic E-state index is 13.9. The van der Waals surface area contributed by atoms with E-state index in [-0.39, 0.29) is 29.9 Å². The van der Waals surface area contributed by atoms with E-state index in [1.165, 1.54) is 6.20 Å². The van der Waals surface area contributed by atoms with Crippen LogP contribution in [-0.2, 0) is 0 Å². The van der Waals surface area contributed by atoms with Crippen molar-refractivity contribution in [3.8, 4) is 0 Å². The van der Waals surface area contributed by atoms with Gasteiger partial charge in [-0.1, -0.05) is 0 Å². The second-order valence-electron chi connectivity index (χ2n) is 8.77.